The van der Waals surface area contributed by atoms with Crippen LogP contribution < -0.4 is 5.32 Å². The first kappa shape index (κ1) is 20.2. The average Bonchev–Trinajstić information content (AvgIpc) is 3.11. The van der Waals surface area contributed by atoms with Gasteiger partial charge in [-0.15, -0.1) is 11.3 Å². The number of thiophene rings is 1. The summed E-state index contributed by atoms with van der Waals surface area (Å²) in [6, 6.07) is 10.4. The lowest BCUT2D eigenvalue weighted by Crippen LogP contribution is -2.49. The first-order chi connectivity index (χ1) is 13.3. The predicted octanol–water partition coefficient (Wildman–Crippen LogP) is 4.64. The maximum atomic E-state index is 13.2. The molecule has 0 aliphatic carbocycles. The fraction of sp³-hybridized carbons (Fsp3) is 0.300. The van der Waals surface area contributed by atoms with Crippen molar-refractivity contribution >= 4 is 39.2 Å². The molecule has 0 aliphatic heterocycles. The normalized spacial score (nSPS) is 13.3. The van der Waals surface area contributed by atoms with Gasteiger partial charge in [0.25, 0.3) is 0 Å². The van der Waals surface area contributed by atoms with Crippen molar-refractivity contribution in [1.82, 2.24) is 15.3 Å². The number of nitrogens with zero attached hydrogens (tertiary/aromatic N) is 3. The molecule has 0 fully saturated rings. The van der Waals surface area contributed by atoms with E-state index in [0.29, 0.717) is 5.03 Å². The van der Waals surface area contributed by atoms with Gasteiger partial charge in [0.15, 0.2) is 0 Å². The molecule has 0 saturated heterocycles. The van der Waals surface area contributed by atoms with Crippen LogP contribution in [0.4, 0.5) is 4.39 Å². The van der Waals surface area contributed by atoms with E-state index in [4.69, 9.17) is 0 Å². The van der Waals surface area contributed by atoms with Gasteiger partial charge in [0, 0.05) is 4.88 Å². The Morgan fingerprint density at radius 1 is 1.36 bits per heavy atom. The Morgan fingerprint density at radius 3 is 2.71 bits per heavy atom. The summed E-state index contributed by atoms with van der Waals surface area (Å²) < 4.78 is 14.0. The summed E-state index contributed by atoms with van der Waals surface area (Å²) in [5.41, 5.74) is 0.781. The molecule has 144 valence electrons. The van der Waals surface area contributed by atoms with Crippen LogP contribution in [0.2, 0.25) is 0 Å². The number of halogens is 1. The van der Waals surface area contributed by atoms with Crippen LogP contribution in [0.15, 0.2) is 41.7 Å². The topological polar surface area (TPSA) is 78.7 Å². The fourth-order valence-electron chi connectivity index (χ4n) is 2.45. The molecule has 2 aromatic heterocycles. The summed E-state index contributed by atoms with van der Waals surface area (Å²) in [7, 11) is 0. The highest BCUT2D eigenvalue weighted by atomic mass is 32.2. The summed E-state index contributed by atoms with van der Waals surface area (Å²) >= 11 is 2.81. The van der Waals surface area contributed by atoms with Gasteiger partial charge in [-0.25, -0.2) is 14.4 Å². The quantitative estimate of drug-likeness (QED) is 0.469. The summed E-state index contributed by atoms with van der Waals surface area (Å²) in [5, 5.41) is 12.9. The second-order valence-corrected chi connectivity index (χ2v) is 8.83. The Labute approximate surface area is 171 Å². The minimum absolute atomic E-state index is 0.00669. The summed E-state index contributed by atoms with van der Waals surface area (Å²) in [6.07, 6.45) is 1.47. The molecule has 1 N–H and O–H groups in total. The van der Waals surface area contributed by atoms with Crippen molar-refractivity contribution in [2.24, 2.45) is 5.92 Å². The number of aromatic nitrogens is 2. The van der Waals surface area contributed by atoms with Crippen LogP contribution in [0.5, 0.6) is 0 Å². The van der Waals surface area contributed by atoms with Gasteiger partial charge in [0.1, 0.15) is 22.7 Å². The number of rotatable bonds is 6. The first-order valence-electron chi connectivity index (χ1n) is 8.68. The minimum Gasteiger partial charge on any atom is -0.337 e. The molecule has 3 rings (SSSR count). The molecule has 28 heavy (non-hydrogen) atoms. The largest absolute Gasteiger partial charge is 0.337 e. The van der Waals surface area contributed by atoms with E-state index in [-0.39, 0.29) is 23.4 Å². The molecule has 2 heterocycles. The molecule has 0 saturated carbocycles. The van der Waals surface area contributed by atoms with Gasteiger partial charge >= 0.3 is 0 Å². The standard InChI is InChI=1S/C20H19FN4OS2/c1-12(2)20(3,10-22)25-17(26)9-27-19-18-15(23-11-24-19)8-16(28-18)13-4-6-14(21)7-5-13/h4-8,11-12H,9H2,1-3H3,(H,25,26)/t20-/m0/s1. The molecule has 0 radical (unpaired) electrons. The van der Waals surface area contributed by atoms with Gasteiger partial charge in [-0.3, -0.25) is 4.79 Å². The molecule has 0 bridgehead atoms. The van der Waals surface area contributed by atoms with Gasteiger partial charge < -0.3 is 5.32 Å². The highest BCUT2D eigenvalue weighted by molar-refractivity contribution is 8.00. The van der Waals surface area contributed by atoms with E-state index < -0.39 is 5.54 Å². The maximum absolute atomic E-state index is 13.2. The van der Waals surface area contributed by atoms with Gasteiger partial charge in [0.2, 0.25) is 5.91 Å². The van der Waals surface area contributed by atoms with Crippen molar-refractivity contribution in [3.05, 3.63) is 42.5 Å². The van der Waals surface area contributed by atoms with Crippen LogP contribution in [0.25, 0.3) is 20.7 Å². The Balaban J connectivity index is 1.78. The highest BCUT2D eigenvalue weighted by Crippen LogP contribution is 2.36. The summed E-state index contributed by atoms with van der Waals surface area (Å²) in [5.74, 6) is -0.352. The van der Waals surface area contributed by atoms with Crippen LogP contribution in [0.3, 0.4) is 0 Å². The third-order valence-electron chi connectivity index (χ3n) is 4.53. The molecule has 1 atom stereocenters. The average molecular weight is 415 g/mol. The van der Waals surface area contributed by atoms with Crippen LogP contribution in [0.1, 0.15) is 20.8 Å². The number of carbonyl (C=O) groups is 1. The van der Waals surface area contributed by atoms with Crippen LogP contribution in [0, 0.1) is 23.1 Å². The lowest BCUT2D eigenvalue weighted by Gasteiger charge is -2.27. The Hall–Kier alpha value is -2.50. The van der Waals surface area contributed by atoms with Crippen molar-refractivity contribution in [2.45, 2.75) is 31.3 Å². The van der Waals surface area contributed by atoms with Crippen molar-refractivity contribution in [1.29, 1.82) is 5.26 Å². The monoisotopic (exact) mass is 414 g/mol. The van der Waals surface area contributed by atoms with Crippen LogP contribution in [-0.4, -0.2) is 27.2 Å². The molecule has 5 nitrogen and oxygen atoms in total. The number of nitrogens with one attached hydrogen (secondary N) is 1. The zero-order chi connectivity index (χ0) is 20.3. The van der Waals surface area contributed by atoms with Crippen LogP contribution >= 0.6 is 23.1 Å². The molecule has 3 aromatic rings. The number of benzene rings is 1. The maximum Gasteiger partial charge on any atom is 0.231 e. The molecule has 8 heteroatoms. The number of carbonyl (C=O) groups excluding carboxylic acids is 1. The second kappa shape index (κ2) is 8.25. The van der Waals surface area contributed by atoms with E-state index >= 15 is 0 Å². The van der Waals surface area contributed by atoms with Gasteiger partial charge in [-0.1, -0.05) is 37.7 Å². The number of thioether (sulfide) groups is 1. The molecular weight excluding hydrogens is 395 g/mol. The fourth-order valence-corrected chi connectivity index (χ4v) is 4.45. The number of hydrogen-bond acceptors (Lipinski definition) is 6. The van der Waals surface area contributed by atoms with E-state index in [1.165, 1.54) is 41.6 Å². The minimum atomic E-state index is -0.905. The molecule has 0 aliphatic rings. The van der Waals surface area contributed by atoms with Crippen molar-refractivity contribution in [3.63, 3.8) is 0 Å². The van der Waals surface area contributed by atoms with Crippen molar-refractivity contribution < 1.29 is 9.18 Å². The SMILES string of the molecule is CC(C)[C@](C)(C#N)NC(=O)CSc1ncnc2cc(-c3ccc(F)cc3)sc12. The number of fused-ring (bicyclic) bond motifs is 1. The zero-order valence-corrected chi connectivity index (χ0v) is 17.3. The van der Waals surface area contributed by atoms with Crippen LogP contribution in [-0.2, 0) is 4.79 Å². The number of hydrogen-bond donors (Lipinski definition) is 1. The number of amides is 1. The van der Waals surface area contributed by atoms with Gasteiger partial charge in [-0.05, 0) is 36.6 Å². The molecule has 0 unspecified atom stereocenters. The Morgan fingerprint density at radius 2 is 2.07 bits per heavy atom. The third-order valence-corrected chi connectivity index (χ3v) is 6.83. The third kappa shape index (κ3) is 4.32. The lowest BCUT2D eigenvalue weighted by atomic mass is 9.90. The highest BCUT2D eigenvalue weighted by Gasteiger charge is 2.30. The Bertz CT molecular complexity index is 1040. The predicted molar refractivity (Wildman–Crippen MR) is 111 cm³/mol. The molecular formula is C20H19FN4OS2. The van der Waals surface area contributed by atoms with Crippen molar-refractivity contribution in [2.75, 3.05) is 5.75 Å². The summed E-state index contributed by atoms with van der Waals surface area (Å²) in [6.45, 7) is 5.51. The smallest absolute Gasteiger partial charge is 0.231 e. The number of nitriles is 1. The lowest BCUT2D eigenvalue weighted by molar-refractivity contribution is -0.120. The van der Waals surface area contributed by atoms with E-state index in [1.807, 2.05) is 19.9 Å². The Kier molecular flexibility index (Phi) is 5.96. The van der Waals surface area contributed by atoms with E-state index in [2.05, 4.69) is 21.4 Å². The molecule has 1 amide bonds. The van der Waals surface area contributed by atoms with E-state index in [9.17, 15) is 14.4 Å². The molecule has 0 spiro atoms. The van der Waals surface area contributed by atoms with E-state index in [0.717, 1.165) is 20.7 Å². The van der Waals surface area contributed by atoms with Gasteiger partial charge in [-0.2, -0.15) is 5.26 Å². The van der Waals surface area contributed by atoms with Gasteiger partial charge in [0.05, 0.1) is 22.0 Å². The molecule has 1 aromatic carbocycles. The summed E-state index contributed by atoms with van der Waals surface area (Å²) in [4.78, 5) is 21.9. The zero-order valence-electron chi connectivity index (χ0n) is 15.7. The van der Waals surface area contributed by atoms with Crippen molar-refractivity contribution in [3.8, 4) is 16.5 Å². The van der Waals surface area contributed by atoms with E-state index in [1.54, 1.807) is 19.1 Å². The second-order valence-electron chi connectivity index (χ2n) is 6.82. The first-order valence-corrected chi connectivity index (χ1v) is 10.5.